The number of anilines is 2. The molecule has 2 atom stereocenters. The van der Waals surface area contributed by atoms with Gasteiger partial charge in [0.25, 0.3) is 5.91 Å². The Morgan fingerprint density at radius 3 is 2.46 bits per heavy atom. The molecule has 1 aliphatic carbocycles. The highest BCUT2D eigenvalue weighted by Gasteiger charge is 2.43. The highest BCUT2D eigenvalue weighted by atomic mass is 35.5. The van der Waals surface area contributed by atoms with Crippen molar-refractivity contribution < 1.29 is 14.0 Å². The lowest BCUT2D eigenvalue weighted by atomic mass is 10.1. The van der Waals surface area contributed by atoms with Crippen molar-refractivity contribution in [3.8, 4) is 6.07 Å². The van der Waals surface area contributed by atoms with E-state index in [1.54, 1.807) is 0 Å². The number of nitrogens with zero attached hydrogens (tertiary/aromatic N) is 2. The SMILES string of the molecule is N#Cc1cc(Cl)c(C(=O)Nc2ccnc(NC(=O)[C@H]3C[C@H]3F)c2)c(Cl)c1. The fourth-order valence-electron chi connectivity index (χ4n) is 2.28. The summed E-state index contributed by atoms with van der Waals surface area (Å²) >= 11 is 12.1. The number of carbonyl (C=O) groups is 2. The minimum absolute atomic E-state index is 0.0213. The predicted molar refractivity (Wildman–Crippen MR) is 95.0 cm³/mol. The molecule has 0 saturated heterocycles. The van der Waals surface area contributed by atoms with Gasteiger partial charge in [-0.3, -0.25) is 9.59 Å². The molecule has 2 aromatic rings. The Labute approximate surface area is 157 Å². The highest BCUT2D eigenvalue weighted by Crippen LogP contribution is 2.34. The van der Waals surface area contributed by atoms with Crippen molar-refractivity contribution in [2.45, 2.75) is 12.6 Å². The van der Waals surface area contributed by atoms with Gasteiger partial charge in [0.1, 0.15) is 12.0 Å². The second kappa shape index (κ2) is 7.28. The van der Waals surface area contributed by atoms with E-state index in [1.807, 2.05) is 6.07 Å². The molecule has 1 aromatic heterocycles. The van der Waals surface area contributed by atoms with Crippen LogP contribution in [0.5, 0.6) is 0 Å². The number of pyridine rings is 1. The number of aromatic nitrogens is 1. The number of carbonyl (C=O) groups excluding carboxylic acids is 2. The molecule has 1 saturated carbocycles. The molecule has 1 aliphatic rings. The molecule has 9 heteroatoms. The van der Waals surface area contributed by atoms with Crippen LogP contribution in [0, 0.1) is 17.2 Å². The van der Waals surface area contributed by atoms with Gasteiger partial charge >= 0.3 is 0 Å². The van der Waals surface area contributed by atoms with E-state index in [9.17, 15) is 14.0 Å². The van der Waals surface area contributed by atoms with Gasteiger partial charge in [-0.1, -0.05) is 23.2 Å². The van der Waals surface area contributed by atoms with Crippen LogP contribution in [0.1, 0.15) is 22.3 Å². The molecule has 2 amide bonds. The van der Waals surface area contributed by atoms with Crippen LogP contribution in [0.15, 0.2) is 30.5 Å². The minimum Gasteiger partial charge on any atom is -0.322 e. The van der Waals surface area contributed by atoms with Crippen molar-refractivity contribution >= 4 is 46.5 Å². The first kappa shape index (κ1) is 18.1. The third-order valence-corrected chi connectivity index (χ3v) is 4.31. The first-order valence-electron chi connectivity index (χ1n) is 7.50. The largest absolute Gasteiger partial charge is 0.322 e. The van der Waals surface area contributed by atoms with Gasteiger partial charge in [-0.05, 0) is 24.6 Å². The molecule has 26 heavy (non-hydrogen) atoms. The Bertz CT molecular complexity index is 922. The molecule has 3 rings (SSSR count). The van der Waals surface area contributed by atoms with Gasteiger partial charge < -0.3 is 10.6 Å². The van der Waals surface area contributed by atoms with Gasteiger partial charge in [0.15, 0.2) is 0 Å². The Kier molecular flexibility index (Phi) is 5.07. The van der Waals surface area contributed by atoms with E-state index in [-0.39, 0.29) is 33.4 Å². The Morgan fingerprint density at radius 2 is 1.88 bits per heavy atom. The summed E-state index contributed by atoms with van der Waals surface area (Å²) < 4.78 is 12.9. The summed E-state index contributed by atoms with van der Waals surface area (Å²) in [6, 6.07) is 7.50. The number of halogens is 3. The maximum absolute atomic E-state index is 12.9. The zero-order chi connectivity index (χ0) is 18.8. The van der Waals surface area contributed by atoms with E-state index in [0.29, 0.717) is 5.69 Å². The van der Waals surface area contributed by atoms with Crippen molar-refractivity contribution in [3.63, 3.8) is 0 Å². The summed E-state index contributed by atoms with van der Waals surface area (Å²) in [5, 5.41) is 14.0. The van der Waals surface area contributed by atoms with E-state index >= 15 is 0 Å². The molecule has 6 nitrogen and oxygen atoms in total. The summed E-state index contributed by atoms with van der Waals surface area (Å²) in [5.41, 5.74) is 0.592. The number of amides is 2. The summed E-state index contributed by atoms with van der Waals surface area (Å²) in [7, 11) is 0. The van der Waals surface area contributed by atoms with Crippen molar-refractivity contribution in [2.75, 3.05) is 10.6 Å². The maximum Gasteiger partial charge on any atom is 0.258 e. The molecule has 0 spiro atoms. The third kappa shape index (κ3) is 3.93. The highest BCUT2D eigenvalue weighted by molar-refractivity contribution is 6.40. The summed E-state index contributed by atoms with van der Waals surface area (Å²) in [5.74, 6) is -1.50. The number of nitriles is 1. The van der Waals surface area contributed by atoms with Crippen molar-refractivity contribution in [1.82, 2.24) is 4.98 Å². The van der Waals surface area contributed by atoms with Crippen molar-refractivity contribution in [3.05, 3.63) is 51.6 Å². The van der Waals surface area contributed by atoms with E-state index in [1.165, 1.54) is 30.5 Å². The monoisotopic (exact) mass is 392 g/mol. The average molecular weight is 393 g/mol. The first-order valence-corrected chi connectivity index (χ1v) is 8.26. The summed E-state index contributed by atoms with van der Waals surface area (Å²) in [6.07, 6.45) is 0.476. The number of hydrogen-bond acceptors (Lipinski definition) is 4. The fraction of sp³-hybridized carbons (Fsp3) is 0.176. The first-order chi connectivity index (χ1) is 12.4. The summed E-state index contributed by atoms with van der Waals surface area (Å²) in [6.45, 7) is 0. The van der Waals surface area contributed by atoms with Crippen LogP contribution in [0.2, 0.25) is 10.0 Å². The van der Waals surface area contributed by atoms with Gasteiger partial charge in [-0.15, -0.1) is 0 Å². The van der Waals surface area contributed by atoms with Crippen LogP contribution < -0.4 is 10.6 Å². The quantitative estimate of drug-likeness (QED) is 0.826. The molecule has 0 bridgehead atoms. The molecule has 1 heterocycles. The van der Waals surface area contributed by atoms with Gasteiger partial charge in [0.05, 0.1) is 33.2 Å². The van der Waals surface area contributed by atoms with Crippen LogP contribution in [-0.4, -0.2) is 23.0 Å². The molecule has 1 aromatic carbocycles. The van der Waals surface area contributed by atoms with Crippen LogP contribution >= 0.6 is 23.2 Å². The summed E-state index contributed by atoms with van der Waals surface area (Å²) in [4.78, 5) is 28.1. The van der Waals surface area contributed by atoms with E-state index in [0.717, 1.165) is 0 Å². The predicted octanol–water partition coefficient (Wildman–Crippen LogP) is 3.81. The maximum atomic E-state index is 12.9. The Morgan fingerprint density at radius 1 is 1.23 bits per heavy atom. The number of nitrogens with one attached hydrogen (secondary N) is 2. The lowest BCUT2D eigenvalue weighted by Crippen LogP contribution is -2.17. The lowest BCUT2D eigenvalue weighted by molar-refractivity contribution is -0.117. The van der Waals surface area contributed by atoms with Gasteiger partial charge in [-0.25, -0.2) is 9.37 Å². The van der Waals surface area contributed by atoms with Gasteiger partial charge in [0, 0.05) is 18.0 Å². The topological polar surface area (TPSA) is 94.9 Å². The van der Waals surface area contributed by atoms with Crippen LogP contribution in [0.3, 0.4) is 0 Å². The van der Waals surface area contributed by atoms with Crippen LogP contribution in [0.25, 0.3) is 0 Å². The smallest absolute Gasteiger partial charge is 0.258 e. The molecular weight excluding hydrogens is 382 g/mol. The number of alkyl halides is 1. The van der Waals surface area contributed by atoms with Crippen LogP contribution in [0.4, 0.5) is 15.9 Å². The Hall–Kier alpha value is -2.69. The zero-order valence-electron chi connectivity index (χ0n) is 13.1. The van der Waals surface area contributed by atoms with Crippen molar-refractivity contribution in [1.29, 1.82) is 5.26 Å². The molecule has 132 valence electrons. The number of rotatable bonds is 4. The fourth-order valence-corrected chi connectivity index (χ4v) is 2.94. The van der Waals surface area contributed by atoms with Gasteiger partial charge in [-0.2, -0.15) is 5.26 Å². The second-order valence-electron chi connectivity index (χ2n) is 5.66. The normalized spacial score (nSPS) is 17.9. The average Bonchev–Trinajstić information content (AvgIpc) is 3.31. The van der Waals surface area contributed by atoms with E-state index in [4.69, 9.17) is 28.5 Å². The van der Waals surface area contributed by atoms with Crippen molar-refractivity contribution in [2.24, 2.45) is 5.92 Å². The lowest BCUT2D eigenvalue weighted by Gasteiger charge is -2.10. The standard InChI is InChI=1S/C17H11Cl2FN4O2/c18-11-3-8(7-21)4-12(19)15(11)17(26)23-9-1-2-22-14(5-9)24-16(25)10-6-13(10)20/h1-5,10,13H,6H2,(H2,22,23,24,25,26)/t10-,13+/m0/s1. The number of benzene rings is 1. The Balaban J connectivity index is 1.75. The molecule has 0 aliphatic heterocycles. The minimum atomic E-state index is -1.11. The third-order valence-electron chi connectivity index (χ3n) is 3.72. The zero-order valence-corrected chi connectivity index (χ0v) is 14.6. The number of hydrogen-bond donors (Lipinski definition) is 2. The van der Waals surface area contributed by atoms with E-state index < -0.39 is 23.9 Å². The molecule has 0 unspecified atom stereocenters. The van der Waals surface area contributed by atoms with Crippen LogP contribution in [-0.2, 0) is 4.79 Å². The molecular formula is C17H11Cl2FN4O2. The van der Waals surface area contributed by atoms with E-state index in [2.05, 4.69) is 15.6 Å². The molecule has 2 N–H and O–H groups in total. The molecule has 0 radical (unpaired) electrons. The second-order valence-corrected chi connectivity index (χ2v) is 6.47. The molecule has 1 fully saturated rings. The van der Waals surface area contributed by atoms with Gasteiger partial charge in [0.2, 0.25) is 5.91 Å².